The Morgan fingerprint density at radius 3 is 2.78 bits per heavy atom. The van der Waals surface area contributed by atoms with Crippen molar-refractivity contribution in [3.8, 4) is 0 Å². The molecular formula is C14H16N6O3. The lowest BCUT2D eigenvalue weighted by molar-refractivity contribution is 0.102. The number of nitrogens with zero attached hydrogens (tertiary/aromatic N) is 4. The molecule has 1 amide bonds. The Morgan fingerprint density at radius 2 is 2.13 bits per heavy atom. The van der Waals surface area contributed by atoms with E-state index in [1.165, 1.54) is 10.8 Å². The van der Waals surface area contributed by atoms with Crippen molar-refractivity contribution in [2.75, 3.05) is 5.32 Å². The highest BCUT2D eigenvalue weighted by Gasteiger charge is 2.16. The van der Waals surface area contributed by atoms with Crippen LogP contribution < -0.4 is 10.9 Å². The molecule has 0 aliphatic carbocycles. The molecule has 0 atom stereocenters. The number of aromatic nitrogens is 5. The number of amides is 1. The number of hydrogen-bond acceptors (Lipinski definition) is 6. The van der Waals surface area contributed by atoms with E-state index in [1.807, 2.05) is 6.92 Å². The SMILES string of the molecule is CCCc1c(C)nc2nc(NC(=O)c3coc(C)n3)[nH]n2c1=O. The fourth-order valence-electron chi connectivity index (χ4n) is 2.29. The van der Waals surface area contributed by atoms with Crippen molar-refractivity contribution in [1.29, 1.82) is 0 Å². The zero-order valence-electron chi connectivity index (χ0n) is 13.0. The smallest absolute Gasteiger partial charge is 0.279 e. The van der Waals surface area contributed by atoms with Crippen LogP contribution in [0.1, 0.15) is 41.0 Å². The minimum absolute atomic E-state index is 0.119. The van der Waals surface area contributed by atoms with Gasteiger partial charge in [-0.2, -0.15) is 9.50 Å². The number of carbonyl (C=O) groups is 1. The summed E-state index contributed by atoms with van der Waals surface area (Å²) in [6.45, 7) is 5.41. The van der Waals surface area contributed by atoms with Crippen LogP contribution in [0.15, 0.2) is 15.5 Å². The number of aryl methyl sites for hydroxylation is 2. The van der Waals surface area contributed by atoms with Crippen molar-refractivity contribution in [2.24, 2.45) is 0 Å². The summed E-state index contributed by atoms with van der Waals surface area (Å²) in [4.78, 5) is 36.8. The Labute approximate surface area is 130 Å². The first kappa shape index (κ1) is 14.9. The number of oxazole rings is 1. The molecule has 120 valence electrons. The summed E-state index contributed by atoms with van der Waals surface area (Å²) in [5.74, 6) is 0.226. The summed E-state index contributed by atoms with van der Waals surface area (Å²) in [5, 5.41) is 5.27. The van der Waals surface area contributed by atoms with Gasteiger partial charge in [0.15, 0.2) is 11.6 Å². The largest absolute Gasteiger partial charge is 0.448 e. The summed E-state index contributed by atoms with van der Waals surface area (Å²) in [5.41, 5.74) is 1.21. The second-order valence-electron chi connectivity index (χ2n) is 5.14. The van der Waals surface area contributed by atoms with Crippen LogP contribution in [0, 0.1) is 13.8 Å². The number of hydrogen-bond donors (Lipinski definition) is 2. The molecule has 0 aromatic carbocycles. The third-order valence-electron chi connectivity index (χ3n) is 3.38. The fraction of sp³-hybridized carbons (Fsp3) is 0.357. The minimum atomic E-state index is -0.487. The van der Waals surface area contributed by atoms with Crippen molar-refractivity contribution in [3.63, 3.8) is 0 Å². The van der Waals surface area contributed by atoms with Crippen LogP contribution in [0.4, 0.5) is 5.95 Å². The highest BCUT2D eigenvalue weighted by molar-refractivity contribution is 6.01. The third-order valence-corrected chi connectivity index (χ3v) is 3.38. The molecule has 9 nitrogen and oxygen atoms in total. The van der Waals surface area contributed by atoms with Gasteiger partial charge in [0.05, 0.1) is 5.69 Å². The van der Waals surface area contributed by atoms with Crippen molar-refractivity contribution < 1.29 is 9.21 Å². The minimum Gasteiger partial charge on any atom is -0.448 e. The molecule has 0 fully saturated rings. The Bertz CT molecular complexity index is 936. The van der Waals surface area contributed by atoms with Crippen LogP contribution in [0.2, 0.25) is 0 Å². The third kappa shape index (κ3) is 2.72. The quantitative estimate of drug-likeness (QED) is 0.747. The van der Waals surface area contributed by atoms with Gasteiger partial charge in [-0.05, 0) is 13.3 Å². The number of anilines is 1. The molecule has 0 aliphatic rings. The van der Waals surface area contributed by atoms with Gasteiger partial charge < -0.3 is 4.42 Å². The van der Waals surface area contributed by atoms with E-state index in [4.69, 9.17) is 4.42 Å². The molecule has 9 heteroatoms. The van der Waals surface area contributed by atoms with Gasteiger partial charge >= 0.3 is 0 Å². The Balaban J connectivity index is 1.95. The lowest BCUT2D eigenvalue weighted by Gasteiger charge is -2.02. The highest BCUT2D eigenvalue weighted by atomic mass is 16.3. The molecule has 23 heavy (non-hydrogen) atoms. The van der Waals surface area contributed by atoms with E-state index in [0.29, 0.717) is 23.6 Å². The normalized spacial score (nSPS) is 11.1. The van der Waals surface area contributed by atoms with Gasteiger partial charge in [0.2, 0.25) is 5.95 Å². The lowest BCUT2D eigenvalue weighted by Crippen LogP contribution is -2.22. The van der Waals surface area contributed by atoms with E-state index in [9.17, 15) is 9.59 Å². The van der Waals surface area contributed by atoms with Crippen molar-refractivity contribution in [1.82, 2.24) is 24.6 Å². The van der Waals surface area contributed by atoms with E-state index in [1.54, 1.807) is 13.8 Å². The first-order valence-electron chi connectivity index (χ1n) is 7.21. The first-order chi connectivity index (χ1) is 11.0. The van der Waals surface area contributed by atoms with Crippen LogP contribution in [0.25, 0.3) is 5.78 Å². The first-order valence-corrected chi connectivity index (χ1v) is 7.21. The predicted molar refractivity (Wildman–Crippen MR) is 81.5 cm³/mol. The number of H-pyrrole nitrogens is 1. The highest BCUT2D eigenvalue weighted by Crippen LogP contribution is 2.08. The lowest BCUT2D eigenvalue weighted by atomic mass is 10.1. The predicted octanol–water partition coefficient (Wildman–Crippen LogP) is 1.23. The summed E-state index contributed by atoms with van der Waals surface area (Å²) >= 11 is 0. The Kier molecular flexibility index (Phi) is 3.68. The van der Waals surface area contributed by atoms with E-state index < -0.39 is 5.91 Å². The van der Waals surface area contributed by atoms with Crippen molar-refractivity contribution >= 4 is 17.6 Å². The number of fused-ring (bicyclic) bond motifs is 1. The van der Waals surface area contributed by atoms with Crippen LogP contribution in [-0.2, 0) is 6.42 Å². The zero-order chi connectivity index (χ0) is 16.6. The molecule has 0 spiro atoms. The maximum atomic E-state index is 12.4. The van der Waals surface area contributed by atoms with Gasteiger partial charge in [-0.1, -0.05) is 13.3 Å². The van der Waals surface area contributed by atoms with Gasteiger partial charge in [0.1, 0.15) is 6.26 Å². The van der Waals surface area contributed by atoms with Crippen LogP contribution in [-0.4, -0.2) is 30.5 Å². The molecule has 3 rings (SSSR count). The van der Waals surface area contributed by atoms with Gasteiger partial charge in [-0.25, -0.2) is 9.97 Å². The monoisotopic (exact) mass is 316 g/mol. The van der Waals surface area contributed by atoms with Gasteiger partial charge in [-0.15, -0.1) is 0 Å². The summed E-state index contributed by atoms with van der Waals surface area (Å²) in [6, 6.07) is 0. The molecule has 0 unspecified atom stereocenters. The molecule has 3 aromatic rings. The van der Waals surface area contributed by atoms with E-state index >= 15 is 0 Å². The molecule has 2 N–H and O–H groups in total. The number of aromatic amines is 1. The average molecular weight is 316 g/mol. The second kappa shape index (κ2) is 5.67. The van der Waals surface area contributed by atoms with Crippen LogP contribution in [0.3, 0.4) is 0 Å². The van der Waals surface area contributed by atoms with Gasteiger partial charge in [0.25, 0.3) is 17.2 Å². The number of nitrogens with one attached hydrogen (secondary N) is 2. The molecule has 3 heterocycles. The zero-order valence-corrected chi connectivity index (χ0v) is 13.0. The van der Waals surface area contributed by atoms with Gasteiger partial charge in [-0.3, -0.25) is 20.0 Å². The summed E-state index contributed by atoms with van der Waals surface area (Å²) in [6.07, 6.45) is 2.73. The van der Waals surface area contributed by atoms with Crippen LogP contribution >= 0.6 is 0 Å². The molecule has 0 saturated carbocycles. The summed E-state index contributed by atoms with van der Waals surface area (Å²) < 4.78 is 6.21. The molecule has 3 aromatic heterocycles. The Morgan fingerprint density at radius 1 is 1.35 bits per heavy atom. The average Bonchev–Trinajstić information content (AvgIpc) is 3.10. The van der Waals surface area contributed by atoms with Crippen LogP contribution in [0.5, 0.6) is 0 Å². The second-order valence-corrected chi connectivity index (χ2v) is 5.14. The maximum Gasteiger partial charge on any atom is 0.279 e. The van der Waals surface area contributed by atoms with Crippen molar-refractivity contribution in [2.45, 2.75) is 33.6 Å². The molecular weight excluding hydrogens is 300 g/mol. The molecule has 0 radical (unpaired) electrons. The summed E-state index contributed by atoms with van der Waals surface area (Å²) in [7, 11) is 0. The Hall–Kier alpha value is -2.97. The topological polar surface area (TPSA) is 118 Å². The molecule has 0 bridgehead atoms. The maximum absolute atomic E-state index is 12.4. The molecule has 0 saturated heterocycles. The number of carbonyl (C=O) groups excluding carboxylic acids is 1. The fourth-order valence-corrected chi connectivity index (χ4v) is 2.29. The molecule has 0 aliphatic heterocycles. The van der Waals surface area contributed by atoms with E-state index in [2.05, 4.69) is 25.4 Å². The van der Waals surface area contributed by atoms with Crippen molar-refractivity contribution in [3.05, 3.63) is 39.5 Å². The van der Waals surface area contributed by atoms with Gasteiger partial charge in [0, 0.05) is 12.5 Å². The number of rotatable bonds is 4. The van der Waals surface area contributed by atoms with E-state index in [-0.39, 0.29) is 23.0 Å². The standard InChI is InChI=1S/C14H16N6O3/c1-4-5-9-7(2)15-14-18-13(19-20(14)12(9)22)17-11(21)10-6-23-8(3)16-10/h6H,4-5H2,1-3H3,(H2,15,17,18,19,21). The van der Waals surface area contributed by atoms with E-state index in [0.717, 1.165) is 6.42 Å².